The zero-order valence-electron chi connectivity index (χ0n) is 31.4. The molecule has 0 aliphatic carbocycles. The highest BCUT2D eigenvalue weighted by Crippen LogP contribution is 2.43. The third kappa shape index (κ3) is 4.76. The molecule has 268 valence electrons. The third-order valence-electron chi connectivity index (χ3n) is 11.6. The van der Waals surface area contributed by atoms with Gasteiger partial charge in [0.25, 0.3) is 0 Å². The van der Waals surface area contributed by atoms with E-state index in [2.05, 4.69) is 169 Å². The number of benzene rings is 8. The molecule has 0 N–H and O–H groups in total. The van der Waals surface area contributed by atoms with Gasteiger partial charge in [-0.2, -0.15) is 0 Å². The predicted octanol–water partition coefficient (Wildman–Crippen LogP) is 13.7. The highest BCUT2D eigenvalue weighted by Gasteiger charge is 2.22. The Morgan fingerprint density at radius 1 is 0.421 bits per heavy atom. The van der Waals surface area contributed by atoms with Crippen LogP contribution in [0.4, 0.5) is 0 Å². The Balaban J connectivity index is 1.13. The lowest BCUT2D eigenvalue weighted by molar-refractivity contribution is 0.673. The number of nitrogens with zero attached hydrogens (tertiary/aromatic N) is 4. The molecule has 0 fully saturated rings. The quantitative estimate of drug-likeness (QED) is 0.181. The highest BCUT2D eigenvalue weighted by atomic mass is 16.3. The first-order valence-corrected chi connectivity index (χ1v) is 19.4. The molecule has 0 unspecified atom stereocenters. The molecular weight excluding hydrogens is 697 g/mol. The molecule has 0 radical (unpaired) electrons. The Labute approximate surface area is 327 Å². The first kappa shape index (κ1) is 31.8. The molecule has 8 aromatic carbocycles. The van der Waals surface area contributed by atoms with E-state index in [1.165, 1.54) is 38.6 Å². The van der Waals surface area contributed by atoms with Gasteiger partial charge in [0.05, 0.1) is 38.7 Å². The molecular formula is C52H34N4O. The first-order valence-electron chi connectivity index (χ1n) is 19.4. The minimum Gasteiger partial charge on any atom is -0.455 e. The highest BCUT2D eigenvalue weighted by molar-refractivity contribution is 6.24. The van der Waals surface area contributed by atoms with Gasteiger partial charge >= 0.3 is 0 Å². The van der Waals surface area contributed by atoms with E-state index in [0.717, 1.165) is 77.0 Å². The molecule has 12 aromatic rings. The summed E-state index contributed by atoms with van der Waals surface area (Å²) in [6.07, 6.45) is 0. The van der Waals surface area contributed by atoms with Crippen LogP contribution in [0.5, 0.6) is 0 Å². The normalized spacial score (nSPS) is 12.0. The molecule has 0 saturated heterocycles. The predicted molar refractivity (Wildman–Crippen MR) is 236 cm³/mol. The van der Waals surface area contributed by atoms with Crippen molar-refractivity contribution in [2.45, 2.75) is 13.8 Å². The van der Waals surface area contributed by atoms with E-state index in [9.17, 15) is 0 Å². The number of hydrogen-bond donors (Lipinski definition) is 0. The summed E-state index contributed by atoms with van der Waals surface area (Å²) in [5.74, 6) is 0.622. The van der Waals surface area contributed by atoms with E-state index < -0.39 is 0 Å². The van der Waals surface area contributed by atoms with E-state index in [-0.39, 0.29) is 0 Å². The molecule has 0 atom stereocenters. The van der Waals surface area contributed by atoms with Crippen molar-refractivity contribution in [1.82, 2.24) is 19.1 Å². The molecule has 0 amide bonds. The number of aromatic nitrogens is 4. The zero-order valence-corrected chi connectivity index (χ0v) is 31.4. The van der Waals surface area contributed by atoms with Crippen LogP contribution in [0.2, 0.25) is 0 Å². The Kier molecular flexibility index (Phi) is 6.70. The second-order valence-corrected chi connectivity index (χ2v) is 15.2. The summed E-state index contributed by atoms with van der Waals surface area (Å²) in [7, 11) is 0. The van der Waals surface area contributed by atoms with Crippen LogP contribution in [0.15, 0.2) is 174 Å². The van der Waals surface area contributed by atoms with Crippen molar-refractivity contribution in [3.8, 4) is 34.0 Å². The molecule has 0 aliphatic rings. The molecule has 4 heterocycles. The van der Waals surface area contributed by atoms with Gasteiger partial charge in [-0.05, 0) is 103 Å². The van der Waals surface area contributed by atoms with Crippen LogP contribution in [0.25, 0.3) is 110 Å². The Morgan fingerprint density at radius 2 is 1.05 bits per heavy atom. The molecule has 5 nitrogen and oxygen atoms in total. The molecule has 5 heteroatoms. The van der Waals surface area contributed by atoms with E-state index in [1.807, 2.05) is 24.3 Å². The van der Waals surface area contributed by atoms with Crippen LogP contribution in [0.1, 0.15) is 11.1 Å². The van der Waals surface area contributed by atoms with Crippen LogP contribution in [0, 0.1) is 13.8 Å². The van der Waals surface area contributed by atoms with Crippen LogP contribution < -0.4 is 0 Å². The van der Waals surface area contributed by atoms with Gasteiger partial charge in [-0.15, -0.1) is 0 Å². The largest absolute Gasteiger partial charge is 0.455 e. The number of furan rings is 1. The van der Waals surface area contributed by atoms with Gasteiger partial charge in [0, 0.05) is 43.6 Å². The lowest BCUT2D eigenvalue weighted by atomic mass is 10.00. The first-order chi connectivity index (χ1) is 28.1. The molecule has 0 spiro atoms. The van der Waals surface area contributed by atoms with Gasteiger partial charge in [-0.3, -0.25) is 4.57 Å². The summed E-state index contributed by atoms with van der Waals surface area (Å²) in [5.41, 5.74) is 15.0. The fourth-order valence-corrected chi connectivity index (χ4v) is 9.17. The summed E-state index contributed by atoms with van der Waals surface area (Å²) < 4.78 is 11.4. The van der Waals surface area contributed by atoms with Gasteiger partial charge in [-0.1, -0.05) is 103 Å². The van der Waals surface area contributed by atoms with Crippen molar-refractivity contribution < 1.29 is 4.42 Å². The average molecular weight is 731 g/mol. The minimum atomic E-state index is 0.622. The molecule has 12 rings (SSSR count). The summed E-state index contributed by atoms with van der Waals surface area (Å²) in [4.78, 5) is 10.6. The zero-order chi connectivity index (χ0) is 37.8. The van der Waals surface area contributed by atoms with Gasteiger partial charge < -0.3 is 8.98 Å². The van der Waals surface area contributed by atoms with E-state index in [0.29, 0.717) is 5.95 Å². The van der Waals surface area contributed by atoms with Gasteiger partial charge in [0.15, 0.2) is 0 Å². The Hall–Kier alpha value is -7.50. The van der Waals surface area contributed by atoms with Gasteiger partial charge in [0.1, 0.15) is 11.2 Å². The fraction of sp³-hybridized carbons (Fsp3) is 0.0385. The van der Waals surface area contributed by atoms with Gasteiger partial charge in [0.2, 0.25) is 5.95 Å². The molecule has 57 heavy (non-hydrogen) atoms. The Bertz CT molecular complexity index is 3590. The standard InChI is InChI=1S/C52H34N4O/c1-31-26-32(2)28-36(27-31)55-44-18-10-7-14-37(44)41-29-34(20-23-45(41)55)35-21-24-46-42(30-35)49-47(25-22-39-38-15-8-11-19-48(38)57-51(39)49)56(46)52-53-43-17-9-6-16-40(43)50(54-52)33-12-4-3-5-13-33/h3-30H,1-2H3. The molecule has 0 bridgehead atoms. The maximum absolute atomic E-state index is 6.74. The number of rotatable bonds is 4. The Morgan fingerprint density at radius 3 is 1.86 bits per heavy atom. The summed E-state index contributed by atoms with van der Waals surface area (Å²) >= 11 is 0. The van der Waals surface area contributed by atoms with Crippen LogP contribution in [-0.4, -0.2) is 19.1 Å². The van der Waals surface area contributed by atoms with Crippen molar-refractivity contribution >= 4 is 76.5 Å². The smallest absolute Gasteiger partial charge is 0.235 e. The topological polar surface area (TPSA) is 48.8 Å². The van der Waals surface area contributed by atoms with Crippen molar-refractivity contribution in [1.29, 1.82) is 0 Å². The number of para-hydroxylation sites is 3. The lowest BCUT2D eigenvalue weighted by Gasteiger charge is -2.12. The SMILES string of the molecule is Cc1cc(C)cc(-n2c3ccccc3c3cc(-c4ccc5c(c4)c4c6oc7ccccc7c6ccc4n5-c4nc(-c5ccccc5)c5ccccc5n4)ccc32)c1. The maximum atomic E-state index is 6.74. The van der Waals surface area contributed by atoms with Crippen molar-refractivity contribution in [2.24, 2.45) is 0 Å². The number of hydrogen-bond acceptors (Lipinski definition) is 3. The minimum absolute atomic E-state index is 0.622. The van der Waals surface area contributed by atoms with Crippen molar-refractivity contribution in [3.05, 3.63) is 181 Å². The van der Waals surface area contributed by atoms with Crippen LogP contribution in [0.3, 0.4) is 0 Å². The molecule has 4 aromatic heterocycles. The number of aryl methyl sites for hydroxylation is 2. The lowest BCUT2D eigenvalue weighted by Crippen LogP contribution is -2.03. The maximum Gasteiger partial charge on any atom is 0.235 e. The van der Waals surface area contributed by atoms with Gasteiger partial charge in [-0.25, -0.2) is 9.97 Å². The number of fused-ring (bicyclic) bond motifs is 11. The average Bonchev–Trinajstić information content (AvgIpc) is 3.90. The van der Waals surface area contributed by atoms with Crippen LogP contribution >= 0.6 is 0 Å². The summed E-state index contributed by atoms with van der Waals surface area (Å²) in [6.45, 7) is 4.34. The second-order valence-electron chi connectivity index (χ2n) is 15.2. The summed E-state index contributed by atoms with van der Waals surface area (Å²) in [5, 5.41) is 7.80. The van der Waals surface area contributed by atoms with E-state index >= 15 is 0 Å². The molecule has 0 saturated carbocycles. The van der Waals surface area contributed by atoms with E-state index in [4.69, 9.17) is 14.4 Å². The summed E-state index contributed by atoms with van der Waals surface area (Å²) in [6, 6.07) is 60.5. The molecule has 0 aliphatic heterocycles. The van der Waals surface area contributed by atoms with Crippen LogP contribution in [-0.2, 0) is 0 Å². The van der Waals surface area contributed by atoms with Crippen molar-refractivity contribution in [2.75, 3.05) is 0 Å². The van der Waals surface area contributed by atoms with Crippen molar-refractivity contribution in [3.63, 3.8) is 0 Å². The van der Waals surface area contributed by atoms with E-state index in [1.54, 1.807) is 0 Å². The fourth-order valence-electron chi connectivity index (χ4n) is 9.17. The monoisotopic (exact) mass is 730 g/mol. The second kappa shape index (κ2) is 12.0. The third-order valence-corrected chi connectivity index (χ3v) is 11.6.